The summed E-state index contributed by atoms with van der Waals surface area (Å²) in [7, 11) is -3.79. The van der Waals surface area contributed by atoms with Gasteiger partial charge in [0, 0.05) is 16.8 Å². The van der Waals surface area contributed by atoms with Crippen molar-refractivity contribution in [3.63, 3.8) is 0 Å². The summed E-state index contributed by atoms with van der Waals surface area (Å²) >= 11 is 0. The van der Waals surface area contributed by atoms with Gasteiger partial charge in [0.05, 0.1) is 8.07 Å². The van der Waals surface area contributed by atoms with Crippen LogP contribution in [0.2, 0.25) is 24.2 Å². The molecule has 1 nitrogen and oxygen atoms in total. The van der Waals surface area contributed by atoms with Crippen LogP contribution >= 0.6 is 7.14 Å². The lowest BCUT2D eigenvalue weighted by atomic mass is 10.4. The number of rotatable bonds is 8. The molecule has 0 radical (unpaired) electrons. The van der Waals surface area contributed by atoms with Crippen LogP contribution in [-0.2, 0) is 4.57 Å². The number of hydrogen-bond donors (Lipinski definition) is 0. The molecule has 0 saturated heterocycles. The van der Waals surface area contributed by atoms with Crippen LogP contribution in [0.5, 0.6) is 0 Å². The van der Waals surface area contributed by atoms with Crippen molar-refractivity contribution >= 4 is 25.8 Å². The number of benzene rings is 2. The normalized spacial score (nSPS) is 12.3. The van der Waals surface area contributed by atoms with Crippen molar-refractivity contribution in [1.82, 2.24) is 0 Å². The highest BCUT2D eigenvalue weighted by molar-refractivity contribution is 7.78. The Hall–Kier alpha value is -1.11. The van der Waals surface area contributed by atoms with Gasteiger partial charge in [0.15, 0.2) is 0 Å². The van der Waals surface area contributed by atoms with Crippen molar-refractivity contribution in [2.45, 2.75) is 44.9 Å². The molecule has 0 aliphatic heterocycles. The molecule has 0 N–H and O–H groups in total. The second-order valence-electron chi connectivity index (χ2n) is 6.45. The fourth-order valence-electron chi connectivity index (χ4n) is 3.42. The third-order valence-corrected chi connectivity index (χ3v) is 14.9. The van der Waals surface area contributed by atoms with E-state index in [0.29, 0.717) is 0 Å². The van der Waals surface area contributed by atoms with E-state index in [4.69, 9.17) is 0 Å². The summed E-state index contributed by atoms with van der Waals surface area (Å²) in [5, 5.41) is 2.02. The first kappa shape index (κ1) is 18.2. The predicted molar refractivity (Wildman–Crippen MR) is 107 cm³/mol. The van der Waals surface area contributed by atoms with Gasteiger partial charge in [0.25, 0.3) is 0 Å². The van der Waals surface area contributed by atoms with Crippen LogP contribution in [0, 0.1) is 0 Å². The molecule has 0 aromatic heterocycles. The molecule has 23 heavy (non-hydrogen) atoms. The van der Waals surface area contributed by atoms with Gasteiger partial charge in [-0.25, -0.2) is 0 Å². The van der Waals surface area contributed by atoms with Gasteiger partial charge >= 0.3 is 0 Å². The highest BCUT2D eigenvalue weighted by Crippen LogP contribution is 2.46. The van der Waals surface area contributed by atoms with Crippen LogP contribution in [-0.4, -0.2) is 14.2 Å². The number of hydrogen-bond acceptors (Lipinski definition) is 1. The van der Waals surface area contributed by atoms with Crippen molar-refractivity contribution in [2.24, 2.45) is 0 Å². The lowest BCUT2D eigenvalue weighted by Gasteiger charge is -2.30. The Morgan fingerprint density at radius 1 is 0.739 bits per heavy atom. The van der Waals surface area contributed by atoms with E-state index >= 15 is 0 Å². The molecule has 3 heteroatoms. The van der Waals surface area contributed by atoms with E-state index in [0.717, 1.165) is 22.8 Å². The van der Waals surface area contributed by atoms with Crippen LogP contribution < -0.4 is 10.6 Å². The first-order valence-corrected chi connectivity index (χ1v) is 13.5. The topological polar surface area (TPSA) is 17.1 Å². The molecule has 0 amide bonds. The van der Waals surface area contributed by atoms with E-state index in [-0.39, 0.29) is 0 Å². The zero-order chi connectivity index (χ0) is 16.8. The van der Waals surface area contributed by atoms with Crippen molar-refractivity contribution in [1.29, 1.82) is 0 Å². The quantitative estimate of drug-likeness (QED) is 0.456. The van der Waals surface area contributed by atoms with Gasteiger partial charge in [0.1, 0.15) is 7.14 Å². The molecular weight excluding hydrogens is 315 g/mol. The Labute approximate surface area is 142 Å². The molecule has 2 rings (SSSR count). The van der Waals surface area contributed by atoms with Gasteiger partial charge in [-0.3, -0.25) is 0 Å². The highest BCUT2D eigenvalue weighted by Gasteiger charge is 2.33. The largest absolute Gasteiger partial charge is 0.314 e. The van der Waals surface area contributed by atoms with Gasteiger partial charge in [-0.15, -0.1) is 0 Å². The smallest absolute Gasteiger partial charge is 0.142 e. The molecule has 0 unspecified atom stereocenters. The molecule has 0 fully saturated rings. The van der Waals surface area contributed by atoms with Crippen LogP contribution in [0.3, 0.4) is 0 Å². The van der Waals surface area contributed by atoms with Gasteiger partial charge in [-0.05, 0) is 6.04 Å². The van der Waals surface area contributed by atoms with Crippen molar-refractivity contribution in [2.75, 3.05) is 6.16 Å². The Morgan fingerprint density at radius 3 is 1.48 bits per heavy atom. The molecule has 0 bridgehead atoms. The van der Waals surface area contributed by atoms with E-state index in [2.05, 4.69) is 20.8 Å². The maximum Gasteiger partial charge on any atom is 0.142 e. The zero-order valence-electron chi connectivity index (χ0n) is 14.7. The molecule has 0 atom stereocenters. The molecule has 0 aliphatic carbocycles. The highest BCUT2D eigenvalue weighted by atomic mass is 31.2. The maximum atomic E-state index is 14.0. The Morgan fingerprint density at radius 2 is 1.13 bits per heavy atom. The van der Waals surface area contributed by atoms with Gasteiger partial charge in [0.2, 0.25) is 0 Å². The first-order chi connectivity index (χ1) is 11.1. The zero-order valence-corrected chi connectivity index (χ0v) is 16.6. The lowest BCUT2D eigenvalue weighted by molar-refractivity contribution is 0.587. The van der Waals surface area contributed by atoms with E-state index < -0.39 is 15.2 Å². The Kier molecular flexibility index (Phi) is 6.44. The predicted octanol–water partition coefficient (Wildman–Crippen LogP) is 5.51. The van der Waals surface area contributed by atoms with Crippen molar-refractivity contribution in [3.05, 3.63) is 60.7 Å². The average molecular weight is 345 g/mol. The van der Waals surface area contributed by atoms with Crippen molar-refractivity contribution < 1.29 is 4.57 Å². The van der Waals surface area contributed by atoms with E-state index in [1.807, 2.05) is 60.7 Å². The van der Waals surface area contributed by atoms with Crippen molar-refractivity contribution in [3.8, 4) is 0 Å². The summed E-state index contributed by atoms with van der Waals surface area (Å²) in [6, 6.07) is 25.3. The molecule has 2 aromatic rings. The molecule has 0 heterocycles. The van der Waals surface area contributed by atoms with Crippen LogP contribution in [0.4, 0.5) is 0 Å². The van der Waals surface area contributed by atoms with E-state index in [1.54, 1.807) is 0 Å². The van der Waals surface area contributed by atoms with Crippen LogP contribution in [0.1, 0.15) is 20.8 Å². The summed E-state index contributed by atoms with van der Waals surface area (Å²) in [5.41, 5.74) is 0. The first-order valence-electron chi connectivity index (χ1n) is 8.80. The second kappa shape index (κ2) is 8.12. The minimum Gasteiger partial charge on any atom is -0.314 e. The summed E-state index contributed by atoms with van der Waals surface area (Å²) < 4.78 is 14.0. The lowest BCUT2D eigenvalue weighted by Crippen LogP contribution is -2.33. The Balaban J connectivity index is 2.38. The molecule has 0 aliphatic rings. The third-order valence-electron chi connectivity index (χ3n) is 5.55. The SMILES string of the molecule is CC[Si](CC)(CC)CCP(=O)(c1ccccc1)c1ccccc1. The minimum absolute atomic E-state index is 0.822. The van der Waals surface area contributed by atoms with E-state index in [9.17, 15) is 4.57 Å². The molecule has 124 valence electrons. The summed E-state index contributed by atoms with van der Waals surface area (Å²) in [6.07, 6.45) is 0.822. The maximum absolute atomic E-state index is 14.0. The monoisotopic (exact) mass is 344 g/mol. The fraction of sp³-hybridized carbons (Fsp3) is 0.400. The second-order valence-corrected chi connectivity index (χ2v) is 15.0. The molecular formula is C20H29OPSi. The molecule has 2 aromatic carbocycles. The van der Waals surface area contributed by atoms with Crippen LogP contribution in [0.15, 0.2) is 60.7 Å². The summed E-state index contributed by atoms with van der Waals surface area (Å²) in [6.45, 7) is 6.99. The Bertz CT molecular complexity index is 583. The summed E-state index contributed by atoms with van der Waals surface area (Å²) in [5.74, 6) is 0. The third kappa shape index (κ3) is 4.05. The van der Waals surface area contributed by atoms with Crippen LogP contribution in [0.25, 0.3) is 0 Å². The summed E-state index contributed by atoms with van der Waals surface area (Å²) in [4.78, 5) is 0. The van der Waals surface area contributed by atoms with Gasteiger partial charge in [-0.2, -0.15) is 0 Å². The minimum atomic E-state index is -2.53. The standard InChI is InChI=1S/C20H29OPSi/c1-4-23(5-2,6-3)18-17-22(21,19-13-9-7-10-14-19)20-15-11-8-12-16-20/h7-16H,4-6,17-18H2,1-3H3. The van der Waals surface area contributed by atoms with Gasteiger partial charge in [-0.1, -0.05) is 99.6 Å². The van der Waals surface area contributed by atoms with Gasteiger partial charge < -0.3 is 4.57 Å². The van der Waals surface area contributed by atoms with E-state index in [1.165, 1.54) is 18.1 Å². The molecule has 0 spiro atoms. The average Bonchev–Trinajstić information content (AvgIpc) is 2.64. The fourth-order valence-corrected chi connectivity index (χ4v) is 11.3. The molecule has 0 saturated carbocycles.